The number of hydrogen-bond donors (Lipinski definition) is 1. The summed E-state index contributed by atoms with van der Waals surface area (Å²) in [4.78, 5) is 11.8. The number of carbonyl (C=O) groups excluding carboxylic acids is 1. The SMILES string of the molecule is CC(C)[C@@H](c1cc2ccc(F)cc2o1)C1(C(N)=O)CC1. The average Bonchev–Trinajstić information content (AvgIpc) is 3.04. The van der Waals surface area contributed by atoms with E-state index in [0.29, 0.717) is 5.58 Å². The molecule has 1 saturated carbocycles. The molecular formula is C16H18FNO2. The molecule has 0 spiro atoms. The van der Waals surface area contributed by atoms with Crippen LogP contribution in [-0.2, 0) is 4.79 Å². The second kappa shape index (κ2) is 4.33. The van der Waals surface area contributed by atoms with Crippen LogP contribution in [0.25, 0.3) is 11.0 Å². The van der Waals surface area contributed by atoms with Crippen molar-refractivity contribution in [2.45, 2.75) is 32.6 Å². The van der Waals surface area contributed by atoms with Crippen molar-refractivity contribution in [1.29, 1.82) is 0 Å². The van der Waals surface area contributed by atoms with E-state index in [1.165, 1.54) is 12.1 Å². The molecule has 3 nitrogen and oxygen atoms in total. The highest BCUT2D eigenvalue weighted by Gasteiger charge is 2.56. The molecule has 3 rings (SSSR count). The number of furan rings is 1. The van der Waals surface area contributed by atoms with E-state index in [9.17, 15) is 9.18 Å². The van der Waals surface area contributed by atoms with Gasteiger partial charge in [0.15, 0.2) is 0 Å². The van der Waals surface area contributed by atoms with E-state index in [0.717, 1.165) is 24.0 Å². The highest BCUT2D eigenvalue weighted by Crippen LogP contribution is 2.59. The number of hydrogen-bond acceptors (Lipinski definition) is 2. The first-order valence-electron chi connectivity index (χ1n) is 6.93. The highest BCUT2D eigenvalue weighted by molar-refractivity contribution is 5.85. The molecule has 0 saturated heterocycles. The van der Waals surface area contributed by atoms with E-state index >= 15 is 0 Å². The number of rotatable bonds is 4. The Labute approximate surface area is 116 Å². The molecule has 1 amide bonds. The van der Waals surface area contributed by atoms with Crippen molar-refractivity contribution in [2.75, 3.05) is 0 Å². The van der Waals surface area contributed by atoms with Gasteiger partial charge < -0.3 is 10.2 Å². The molecule has 1 aliphatic carbocycles. The lowest BCUT2D eigenvalue weighted by Gasteiger charge is -2.26. The maximum Gasteiger partial charge on any atom is 0.224 e. The van der Waals surface area contributed by atoms with Gasteiger partial charge in [-0.1, -0.05) is 13.8 Å². The normalized spacial score (nSPS) is 18.4. The minimum absolute atomic E-state index is 0.0459. The summed E-state index contributed by atoms with van der Waals surface area (Å²) < 4.78 is 19.0. The molecule has 20 heavy (non-hydrogen) atoms. The van der Waals surface area contributed by atoms with Crippen LogP contribution in [0.15, 0.2) is 28.7 Å². The van der Waals surface area contributed by atoms with Gasteiger partial charge in [-0.2, -0.15) is 0 Å². The van der Waals surface area contributed by atoms with Crippen LogP contribution in [0.3, 0.4) is 0 Å². The third-order valence-electron chi connectivity index (χ3n) is 4.35. The molecule has 1 atom stereocenters. The lowest BCUT2D eigenvalue weighted by atomic mass is 9.78. The minimum Gasteiger partial charge on any atom is -0.461 e. The van der Waals surface area contributed by atoms with Gasteiger partial charge in [0.25, 0.3) is 0 Å². The molecular weight excluding hydrogens is 257 g/mol. The largest absolute Gasteiger partial charge is 0.461 e. The standard InChI is InChI=1S/C16H18FNO2/c1-9(2)14(16(5-6-16)15(18)19)13-7-10-3-4-11(17)8-12(10)20-13/h3-4,7-9,14H,5-6H2,1-2H3,(H2,18,19)/t14-/m0/s1. The first-order chi connectivity index (χ1) is 9.44. The van der Waals surface area contributed by atoms with Gasteiger partial charge in [0.05, 0.1) is 5.41 Å². The molecule has 1 aromatic carbocycles. The third kappa shape index (κ3) is 1.90. The van der Waals surface area contributed by atoms with Crippen LogP contribution in [0, 0.1) is 17.2 Å². The van der Waals surface area contributed by atoms with Gasteiger partial charge in [-0.15, -0.1) is 0 Å². The first-order valence-corrected chi connectivity index (χ1v) is 6.93. The summed E-state index contributed by atoms with van der Waals surface area (Å²) in [6, 6.07) is 6.38. The van der Waals surface area contributed by atoms with E-state index < -0.39 is 5.41 Å². The van der Waals surface area contributed by atoms with Gasteiger partial charge in [0.1, 0.15) is 17.2 Å². The van der Waals surface area contributed by atoms with Crippen LogP contribution in [-0.4, -0.2) is 5.91 Å². The highest BCUT2D eigenvalue weighted by atomic mass is 19.1. The summed E-state index contributed by atoms with van der Waals surface area (Å²) in [5.74, 6) is 0.334. The Morgan fingerprint density at radius 2 is 2.05 bits per heavy atom. The van der Waals surface area contributed by atoms with Crippen molar-refractivity contribution in [2.24, 2.45) is 17.1 Å². The molecule has 1 fully saturated rings. The summed E-state index contributed by atoms with van der Waals surface area (Å²) in [5, 5.41) is 0.854. The van der Waals surface area contributed by atoms with Crippen molar-refractivity contribution in [3.63, 3.8) is 0 Å². The fraction of sp³-hybridized carbons (Fsp3) is 0.438. The van der Waals surface area contributed by atoms with Gasteiger partial charge in [0.2, 0.25) is 5.91 Å². The molecule has 0 unspecified atom stereocenters. The number of fused-ring (bicyclic) bond motifs is 1. The monoisotopic (exact) mass is 275 g/mol. The Hall–Kier alpha value is -1.84. The zero-order valence-corrected chi connectivity index (χ0v) is 11.7. The lowest BCUT2D eigenvalue weighted by Crippen LogP contribution is -2.32. The van der Waals surface area contributed by atoms with Crippen molar-refractivity contribution in [3.05, 3.63) is 35.8 Å². The lowest BCUT2D eigenvalue weighted by molar-refractivity contribution is -0.124. The quantitative estimate of drug-likeness (QED) is 0.927. The Balaban J connectivity index is 2.08. The van der Waals surface area contributed by atoms with Gasteiger partial charge in [-0.05, 0) is 37.0 Å². The Bertz CT molecular complexity index is 670. The van der Waals surface area contributed by atoms with E-state index in [1.54, 1.807) is 6.07 Å². The van der Waals surface area contributed by atoms with Crippen molar-refractivity contribution < 1.29 is 13.6 Å². The van der Waals surface area contributed by atoms with Crippen LogP contribution in [0.1, 0.15) is 38.4 Å². The number of primary amides is 1. The molecule has 0 bridgehead atoms. The zero-order valence-electron chi connectivity index (χ0n) is 11.7. The third-order valence-corrected chi connectivity index (χ3v) is 4.35. The fourth-order valence-electron chi connectivity index (χ4n) is 3.26. The fourth-order valence-corrected chi connectivity index (χ4v) is 3.26. The Morgan fingerprint density at radius 3 is 2.60 bits per heavy atom. The molecule has 1 aliphatic rings. The summed E-state index contributed by atoms with van der Waals surface area (Å²) in [6.45, 7) is 4.11. The molecule has 106 valence electrons. The van der Waals surface area contributed by atoms with Crippen molar-refractivity contribution >= 4 is 16.9 Å². The molecule has 0 aliphatic heterocycles. The maximum absolute atomic E-state index is 13.2. The second-order valence-corrected chi connectivity index (χ2v) is 6.07. The van der Waals surface area contributed by atoms with Gasteiger partial charge in [-0.3, -0.25) is 4.79 Å². The minimum atomic E-state index is -0.486. The summed E-state index contributed by atoms with van der Waals surface area (Å²) >= 11 is 0. The van der Waals surface area contributed by atoms with Crippen molar-refractivity contribution in [1.82, 2.24) is 0 Å². The molecule has 2 aromatic rings. The van der Waals surface area contributed by atoms with Crippen LogP contribution >= 0.6 is 0 Å². The molecule has 1 aromatic heterocycles. The predicted octanol–water partition coefficient (Wildman–Crippen LogP) is 3.58. The molecule has 0 radical (unpaired) electrons. The van der Waals surface area contributed by atoms with E-state index in [-0.39, 0.29) is 23.6 Å². The molecule has 1 heterocycles. The summed E-state index contributed by atoms with van der Waals surface area (Å²) in [5.41, 5.74) is 5.62. The van der Waals surface area contributed by atoms with E-state index in [4.69, 9.17) is 10.2 Å². The topological polar surface area (TPSA) is 56.2 Å². The number of nitrogens with two attached hydrogens (primary N) is 1. The van der Waals surface area contributed by atoms with Crippen molar-refractivity contribution in [3.8, 4) is 0 Å². The number of amides is 1. The van der Waals surface area contributed by atoms with Crippen LogP contribution in [0.5, 0.6) is 0 Å². The Kier molecular flexibility index (Phi) is 2.85. The molecule has 4 heteroatoms. The average molecular weight is 275 g/mol. The van der Waals surface area contributed by atoms with Gasteiger partial charge in [0, 0.05) is 17.4 Å². The predicted molar refractivity (Wildman–Crippen MR) is 74.6 cm³/mol. The first kappa shape index (κ1) is 13.2. The maximum atomic E-state index is 13.2. The Morgan fingerprint density at radius 1 is 1.35 bits per heavy atom. The summed E-state index contributed by atoms with van der Waals surface area (Å²) in [6.07, 6.45) is 1.60. The van der Waals surface area contributed by atoms with Crippen LogP contribution < -0.4 is 5.73 Å². The smallest absolute Gasteiger partial charge is 0.224 e. The van der Waals surface area contributed by atoms with Crippen LogP contribution in [0.4, 0.5) is 4.39 Å². The van der Waals surface area contributed by atoms with Crippen LogP contribution in [0.2, 0.25) is 0 Å². The number of carbonyl (C=O) groups is 1. The zero-order chi connectivity index (χ0) is 14.5. The van der Waals surface area contributed by atoms with Gasteiger partial charge in [-0.25, -0.2) is 4.39 Å². The molecule has 2 N–H and O–H groups in total. The summed E-state index contributed by atoms with van der Waals surface area (Å²) in [7, 11) is 0. The van der Waals surface area contributed by atoms with E-state index in [2.05, 4.69) is 13.8 Å². The second-order valence-electron chi connectivity index (χ2n) is 6.07. The van der Waals surface area contributed by atoms with Gasteiger partial charge >= 0.3 is 0 Å². The number of halogens is 1. The van der Waals surface area contributed by atoms with E-state index in [1.807, 2.05) is 6.07 Å². The number of benzene rings is 1.